The Labute approximate surface area is 158 Å². The highest BCUT2D eigenvalue weighted by Gasteiger charge is 2.40. The molecule has 0 bridgehead atoms. The fourth-order valence-electron chi connectivity index (χ4n) is 3.60. The molecule has 1 spiro atoms. The van der Waals surface area contributed by atoms with Crippen LogP contribution in [0.3, 0.4) is 0 Å². The number of anilines is 3. The summed E-state index contributed by atoms with van der Waals surface area (Å²) in [6, 6.07) is 9.37. The second-order valence-electron chi connectivity index (χ2n) is 7.02. The molecule has 1 aromatic carbocycles. The predicted molar refractivity (Wildman–Crippen MR) is 103 cm³/mol. The summed E-state index contributed by atoms with van der Waals surface area (Å²) in [5.74, 6) is 1.95. The number of ether oxygens (including phenoxy) is 2. The maximum absolute atomic E-state index is 11.6. The van der Waals surface area contributed by atoms with Crippen LogP contribution in [0, 0.1) is 6.92 Å². The number of aryl methyl sites for hydroxylation is 1. The predicted octanol–water partition coefficient (Wildman–Crippen LogP) is 3.07. The van der Waals surface area contributed by atoms with Crippen LogP contribution >= 0.6 is 0 Å². The second-order valence-corrected chi connectivity index (χ2v) is 7.02. The molecule has 0 aliphatic carbocycles. The molecule has 7 nitrogen and oxygen atoms in total. The van der Waals surface area contributed by atoms with Crippen LogP contribution in [-0.2, 0) is 9.47 Å². The number of nitrogens with one attached hydrogen (secondary N) is 1. The van der Waals surface area contributed by atoms with Gasteiger partial charge < -0.3 is 19.7 Å². The number of rotatable bonds is 4. The van der Waals surface area contributed by atoms with Crippen LogP contribution < -0.4 is 10.2 Å². The van der Waals surface area contributed by atoms with E-state index in [9.17, 15) is 4.79 Å². The van der Waals surface area contributed by atoms with Gasteiger partial charge in [-0.1, -0.05) is 12.1 Å². The van der Waals surface area contributed by atoms with Crippen molar-refractivity contribution in [1.29, 1.82) is 0 Å². The van der Waals surface area contributed by atoms with Gasteiger partial charge in [-0.2, -0.15) is 0 Å². The fourth-order valence-corrected chi connectivity index (χ4v) is 3.60. The van der Waals surface area contributed by atoms with E-state index in [-0.39, 0.29) is 5.78 Å². The van der Waals surface area contributed by atoms with Crippen LogP contribution in [-0.4, -0.2) is 47.8 Å². The van der Waals surface area contributed by atoms with E-state index < -0.39 is 5.79 Å². The molecule has 0 saturated carbocycles. The maximum atomic E-state index is 11.6. The lowest BCUT2D eigenvalue weighted by Gasteiger charge is -2.38. The Hall–Kier alpha value is -2.51. The summed E-state index contributed by atoms with van der Waals surface area (Å²) in [6.45, 7) is 6.47. The Kier molecular flexibility index (Phi) is 4.80. The topological polar surface area (TPSA) is 76.6 Å². The normalized spacial score (nSPS) is 18.7. The molecule has 0 amide bonds. The molecule has 2 aromatic rings. The van der Waals surface area contributed by atoms with Gasteiger partial charge in [0.2, 0.25) is 0 Å². The molecule has 27 heavy (non-hydrogen) atoms. The summed E-state index contributed by atoms with van der Waals surface area (Å²) in [7, 11) is 0. The van der Waals surface area contributed by atoms with Crippen molar-refractivity contribution in [3.8, 4) is 0 Å². The molecule has 7 heteroatoms. The Bertz CT molecular complexity index is 839. The first-order valence-electron chi connectivity index (χ1n) is 9.30. The van der Waals surface area contributed by atoms with E-state index in [1.165, 1.54) is 0 Å². The molecule has 2 fully saturated rings. The summed E-state index contributed by atoms with van der Waals surface area (Å²) in [6.07, 6.45) is 1.67. The highest BCUT2D eigenvalue weighted by atomic mass is 16.7. The SMILES string of the molecule is CC(=O)c1cccc(Nc2cc(N3CCC4(CC3)OCCO4)nc(C)n2)c1. The van der Waals surface area contributed by atoms with E-state index in [2.05, 4.69) is 20.2 Å². The van der Waals surface area contributed by atoms with Gasteiger partial charge in [-0.05, 0) is 26.0 Å². The van der Waals surface area contributed by atoms with Crippen molar-refractivity contribution in [1.82, 2.24) is 9.97 Å². The van der Waals surface area contributed by atoms with E-state index in [1.54, 1.807) is 13.0 Å². The molecule has 2 aliphatic heterocycles. The number of carbonyl (C=O) groups excluding carboxylic acids is 1. The maximum Gasteiger partial charge on any atom is 0.171 e. The zero-order valence-electron chi connectivity index (χ0n) is 15.7. The van der Waals surface area contributed by atoms with Crippen molar-refractivity contribution in [2.45, 2.75) is 32.5 Å². The molecule has 3 heterocycles. The zero-order valence-corrected chi connectivity index (χ0v) is 15.7. The van der Waals surface area contributed by atoms with Gasteiger partial charge >= 0.3 is 0 Å². The molecular formula is C20H24N4O3. The van der Waals surface area contributed by atoms with Crippen molar-refractivity contribution >= 4 is 23.1 Å². The van der Waals surface area contributed by atoms with Gasteiger partial charge in [0, 0.05) is 43.2 Å². The summed E-state index contributed by atoms with van der Waals surface area (Å²) < 4.78 is 11.6. The van der Waals surface area contributed by atoms with Crippen molar-refractivity contribution in [3.05, 3.63) is 41.7 Å². The molecule has 0 atom stereocenters. The lowest BCUT2D eigenvalue weighted by atomic mass is 10.0. The van der Waals surface area contributed by atoms with E-state index in [4.69, 9.17) is 9.47 Å². The molecule has 1 aromatic heterocycles. The number of nitrogens with zero attached hydrogens (tertiary/aromatic N) is 3. The number of carbonyl (C=O) groups is 1. The Morgan fingerprint density at radius 2 is 1.89 bits per heavy atom. The number of hydrogen-bond acceptors (Lipinski definition) is 7. The molecule has 4 rings (SSSR count). The van der Waals surface area contributed by atoms with Crippen molar-refractivity contribution in [2.24, 2.45) is 0 Å². The Balaban J connectivity index is 1.50. The van der Waals surface area contributed by atoms with Crippen LogP contribution in [0.2, 0.25) is 0 Å². The number of benzene rings is 1. The Morgan fingerprint density at radius 1 is 1.15 bits per heavy atom. The summed E-state index contributed by atoms with van der Waals surface area (Å²) >= 11 is 0. The quantitative estimate of drug-likeness (QED) is 0.831. The lowest BCUT2D eigenvalue weighted by molar-refractivity contribution is -0.169. The zero-order chi connectivity index (χ0) is 18.9. The lowest BCUT2D eigenvalue weighted by Crippen LogP contribution is -2.45. The van der Waals surface area contributed by atoms with Crippen LogP contribution in [0.15, 0.2) is 30.3 Å². The smallest absolute Gasteiger partial charge is 0.171 e. The summed E-state index contributed by atoms with van der Waals surface area (Å²) in [5.41, 5.74) is 1.50. The number of aromatic nitrogens is 2. The van der Waals surface area contributed by atoms with Gasteiger partial charge in [0.25, 0.3) is 0 Å². The largest absolute Gasteiger partial charge is 0.356 e. The number of hydrogen-bond donors (Lipinski definition) is 1. The van der Waals surface area contributed by atoms with Gasteiger partial charge in [-0.15, -0.1) is 0 Å². The minimum absolute atomic E-state index is 0.0387. The number of Topliss-reactive ketones (excluding diaryl/α,β-unsaturated/α-hetero) is 1. The summed E-state index contributed by atoms with van der Waals surface area (Å²) in [5, 5.41) is 3.29. The third-order valence-corrected chi connectivity index (χ3v) is 5.03. The molecule has 2 saturated heterocycles. The monoisotopic (exact) mass is 368 g/mol. The minimum atomic E-state index is -0.396. The number of ketones is 1. The molecular weight excluding hydrogens is 344 g/mol. The van der Waals surface area contributed by atoms with Crippen LogP contribution in [0.1, 0.15) is 35.9 Å². The van der Waals surface area contributed by atoms with E-state index in [0.717, 1.165) is 37.4 Å². The van der Waals surface area contributed by atoms with Gasteiger partial charge in [-0.3, -0.25) is 4.79 Å². The molecule has 1 N–H and O–H groups in total. The third kappa shape index (κ3) is 3.94. The second kappa shape index (κ2) is 7.25. The average molecular weight is 368 g/mol. The Morgan fingerprint density at radius 3 is 2.59 bits per heavy atom. The molecule has 0 unspecified atom stereocenters. The van der Waals surface area contributed by atoms with Crippen LogP contribution in [0.4, 0.5) is 17.3 Å². The first-order valence-corrected chi connectivity index (χ1v) is 9.30. The van der Waals surface area contributed by atoms with Gasteiger partial charge in [-0.25, -0.2) is 9.97 Å². The van der Waals surface area contributed by atoms with Crippen LogP contribution in [0.5, 0.6) is 0 Å². The van der Waals surface area contributed by atoms with E-state index in [0.29, 0.717) is 30.4 Å². The standard InChI is InChI=1S/C20H24N4O3/c1-14(25)16-4-3-5-17(12-16)23-18-13-19(22-15(2)21-18)24-8-6-20(7-9-24)26-10-11-27-20/h3-5,12-13H,6-11H2,1-2H3,(H,21,22,23). The van der Waals surface area contributed by atoms with E-state index >= 15 is 0 Å². The average Bonchev–Trinajstić information content (AvgIpc) is 3.10. The minimum Gasteiger partial charge on any atom is -0.356 e. The fraction of sp³-hybridized carbons (Fsp3) is 0.450. The van der Waals surface area contributed by atoms with Gasteiger partial charge in [0.1, 0.15) is 17.5 Å². The molecule has 142 valence electrons. The highest BCUT2D eigenvalue weighted by molar-refractivity contribution is 5.95. The van der Waals surface area contributed by atoms with Gasteiger partial charge in [0.05, 0.1) is 13.2 Å². The van der Waals surface area contributed by atoms with Crippen molar-refractivity contribution in [2.75, 3.05) is 36.5 Å². The van der Waals surface area contributed by atoms with Crippen LogP contribution in [0.25, 0.3) is 0 Å². The first kappa shape index (κ1) is 17.9. The highest BCUT2D eigenvalue weighted by Crippen LogP contribution is 2.33. The van der Waals surface area contributed by atoms with Gasteiger partial charge in [0.15, 0.2) is 11.6 Å². The third-order valence-electron chi connectivity index (χ3n) is 5.03. The summed E-state index contributed by atoms with van der Waals surface area (Å²) in [4.78, 5) is 22.9. The first-order chi connectivity index (χ1) is 13.0. The van der Waals surface area contributed by atoms with E-state index in [1.807, 2.05) is 31.2 Å². The van der Waals surface area contributed by atoms with Crippen molar-refractivity contribution in [3.63, 3.8) is 0 Å². The molecule has 0 radical (unpaired) electrons. The number of piperidine rings is 1. The van der Waals surface area contributed by atoms with Crippen molar-refractivity contribution < 1.29 is 14.3 Å². The molecule has 2 aliphatic rings.